The Kier molecular flexibility index (Phi) is 8.00. The van der Waals surface area contributed by atoms with Gasteiger partial charge in [-0.2, -0.15) is 8.62 Å². The number of aliphatic hydroxyl groups excluding tert-OH is 2. The lowest BCUT2D eigenvalue weighted by molar-refractivity contribution is -0.177. The van der Waals surface area contributed by atoms with Gasteiger partial charge in [-0.15, -0.1) is 6.42 Å². The number of nitrogens with zero attached hydrogens (tertiary/aromatic N) is 1. The van der Waals surface area contributed by atoms with Gasteiger partial charge in [0.05, 0.1) is 12.5 Å². The third kappa shape index (κ3) is 6.46. The molecule has 174 valence electrons. The Hall–Kier alpha value is -0.630. The van der Waals surface area contributed by atoms with E-state index in [1.165, 1.54) is 12.3 Å². The molecular formula is C11H15N2O13P3S2. The molecular weight excluding hydrogens is 525 g/mol. The first kappa shape index (κ1) is 26.6. The summed E-state index contributed by atoms with van der Waals surface area (Å²) < 4.78 is 52.9. The lowest BCUT2D eigenvalue weighted by Gasteiger charge is -2.29. The molecule has 0 spiro atoms. The van der Waals surface area contributed by atoms with Crippen LogP contribution in [0, 0.1) is 27.7 Å². The molecule has 1 aromatic heterocycles. The summed E-state index contributed by atoms with van der Waals surface area (Å²) in [6.07, 6.45) is 3.39. The Bertz CT molecular complexity index is 1140. The quantitative estimate of drug-likeness (QED) is 0.135. The van der Waals surface area contributed by atoms with E-state index >= 15 is 0 Å². The van der Waals surface area contributed by atoms with Crippen molar-refractivity contribution in [3.8, 4) is 12.3 Å². The van der Waals surface area contributed by atoms with Crippen molar-refractivity contribution in [3.05, 3.63) is 21.7 Å². The highest BCUT2D eigenvalue weighted by Crippen LogP contribution is 2.68. The van der Waals surface area contributed by atoms with Crippen molar-refractivity contribution in [2.75, 3.05) is 6.61 Å². The second kappa shape index (κ2) is 9.32. The summed E-state index contributed by atoms with van der Waals surface area (Å²) in [6.45, 7) is -0.978. The van der Waals surface area contributed by atoms with Crippen LogP contribution in [0.1, 0.15) is 6.23 Å². The molecule has 1 fully saturated rings. The number of ether oxygens (including phenoxy) is 1. The van der Waals surface area contributed by atoms with Crippen LogP contribution < -0.4 is 0 Å². The molecule has 1 aromatic rings. The fourth-order valence-corrected chi connectivity index (χ4v) is 6.27. The first-order chi connectivity index (χ1) is 14.0. The highest BCUT2D eigenvalue weighted by Gasteiger charge is 2.59. The van der Waals surface area contributed by atoms with Gasteiger partial charge in [-0.05, 0) is 24.2 Å². The normalized spacial score (nSPS) is 30.3. The largest absolute Gasteiger partial charge is 0.490 e. The lowest BCUT2D eigenvalue weighted by atomic mass is 9.96. The van der Waals surface area contributed by atoms with Crippen LogP contribution in [0.3, 0.4) is 0 Å². The van der Waals surface area contributed by atoms with Gasteiger partial charge in [-0.3, -0.25) is 4.57 Å². The van der Waals surface area contributed by atoms with Crippen LogP contribution in [0.2, 0.25) is 0 Å². The summed E-state index contributed by atoms with van der Waals surface area (Å²) in [7, 11) is -17.3. The average molecular weight is 540 g/mol. The fraction of sp³-hybridized carbons (Fsp3) is 0.455. The van der Waals surface area contributed by atoms with Crippen molar-refractivity contribution in [1.82, 2.24) is 9.55 Å². The van der Waals surface area contributed by atoms with Crippen LogP contribution >= 0.6 is 47.9 Å². The molecule has 1 aliphatic heterocycles. The van der Waals surface area contributed by atoms with E-state index in [4.69, 9.17) is 45.4 Å². The number of aliphatic hydroxyl groups is 2. The summed E-state index contributed by atoms with van der Waals surface area (Å²) in [5.41, 5.74) is 0. The van der Waals surface area contributed by atoms with Gasteiger partial charge in [0.25, 0.3) is 5.79 Å². The molecule has 6 atom stereocenters. The van der Waals surface area contributed by atoms with Gasteiger partial charge in [-0.1, -0.05) is 12.2 Å². The molecule has 1 saturated heterocycles. The fourth-order valence-electron chi connectivity index (χ4n) is 2.56. The van der Waals surface area contributed by atoms with Crippen LogP contribution in [0.25, 0.3) is 0 Å². The number of terminal acetylenes is 1. The zero-order chi connectivity index (χ0) is 23.8. The van der Waals surface area contributed by atoms with Gasteiger partial charge >= 0.3 is 23.5 Å². The van der Waals surface area contributed by atoms with E-state index in [0.29, 0.717) is 0 Å². The van der Waals surface area contributed by atoms with E-state index in [0.717, 1.165) is 4.57 Å². The SMILES string of the molecule is C#C[C@]1(OP(=O)(O)OP(=O)(O)OP(=O)(O)O)O[C@@H](n2ccc(=S)[nH]c2=S)[C@@H](O)C1CO. The van der Waals surface area contributed by atoms with Gasteiger partial charge in [0.2, 0.25) is 0 Å². The molecule has 0 aliphatic carbocycles. The maximum absolute atomic E-state index is 12.2. The molecule has 7 N–H and O–H groups in total. The minimum Gasteiger partial charge on any atom is -0.396 e. The molecule has 31 heavy (non-hydrogen) atoms. The molecule has 2 heterocycles. The molecule has 1 aliphatic rings. The standard InChI is InChI=1S/C11H15N2O13P3S2/c1-2-11(24-28(19,20)26-29(21,22)25-27(16,17)18)6(5-14)8(15)9(23-11)13-4-3-7(30)12-10(13)31/h1,3-4,6,8-9,14-15H,5H2,(H,19,20)(H,21,22)(H,12,30,31)(H2,16,17,18)/t6?,8-,9+,11+/m0/s1. The van der Waals surface area contributed by atoms with Gasteiger partial charge < -0.3 is 39.5 Å². The highest BCUT2D eigenvalue weighted by atomic mass is 32.1. The van der Waals surface area contributed by atoms with Crippen LogP contribution in [-0.4, -0.2) is 57.8 Å². The van der Waals surface area contributed by atoms with Crippen molar-refractivity contribution in [1.29, 1.82) is 0 Å². The first-order valence-electron chi connectivity index (χ1n) is 7.65. The zero-order valence-electron chi connectivity index (χ0n) is 14.8. The number of nitrogens with one attached hydrogen (secondary N) is 1. The number of aromatic nitrogens is 2. The van der Waals surface area contributed by atoms with Crippen molar-refractivity contribution in [2.45, 2.75) is 18.1 Å². The number of hydrogen-bond acceptors (Lipinski definition) is 11. The number of hydrogen-bond donors (Lipinski definition) is 7. The molecule has 2 rings (SSSR count). The maximum atomic E-state index is 12.2. The van der Waals surface area contributed by atoms with Crippen molar-refractivity contribution >= 4 is 47.9 Å². The van der Waals surface area contributed by atoms with Crippen LogP contribution in [-0.2, 0) is 31.6 Å². The predicted molar refractivity (Wildman–Crippen MR) is 104 cm³/mol. The Labute approximate surface area is 183 Å². The monoisotopic (exact) mass is 540 g/mol. The Morgan fingerprint density at radius 1 is 1.23 bits per heavy atom. The molecule has 20 heteroatoms. The van der Waals surface area contributed by atoms with Crippen LogP contribution in [0.4, 0.5) is 0 Å². The van der Waals surface area contributed by atoms with E-state index in [9.17, 15) is 33.7 Å². The predicted octanol–water partition coefficient (Wildman–Crippen LogP) is 0.446. The number of H-pyrrole nitrogens is 1. The highest BCUT2D eigenvalue weighted by molar-refractivity contribution is 7.72. The van der Waals surface area contributed by atoms with Gasteiger partial charge in [0.15, 0.2) is 11.0 Å². The maximum Gasteiger partial charge on any atom is 0.490 e. The minimum atomic E-state index is -5.85. The molecule has 0 saturated carbocycles. The third-order valence-corrected chi connectivity index (χ3v) is 8.06. The molecule has 0 amide bonds. The van der Waals surface area contributed by atoms with Crippen LogP contribution in [0.5, 0.6) is 0 Å². The Morgan fingerprint density at radius 3 is 2.32 bits per heavy atom. The van der Waals surface area contributed by atoms with Crippen molar-refractivity contribution in [2.24, 2.45) is 5.92 Å². The second-order valence-corrected chi connectivity index (χ2v) is 11.0. The average Bonchev–Trinajstić information content (AvgIpc) is 2.82. The zero-order valence-corrected chi connectivity index (χ0v) is 19.1. The third-order valence-electron chi connectivity index (χ3n) is 3.68. The number of aromatic amines is 1. The second-order valence-electron chi connectivity index (χ2n) is 5.80. The summed E-state index contributed by atoms with van der Waals surface area (Å²) in [5.74, 6) is -2.55. The van der Waals surface area contributed by atoms with Gasteiger partial charge in [-0.25, -0.2) is 18.2 Å². The minimum absolute atomic E-state index is 0.0700. The van der Waals surface area contributed by atoms with E-state index in [1.807, 2.05) is 5.92 Å². The number of phosphoric acid groups is 3. The van der Waals surface area contributed by atoms with Crippen molar-refractivity contribution < 1.29 is 61.4 Å². The Balaban J connectivity index is 2.40. The van der Waals surface area contributed by atoms with E-state index in [1.54, 1.807) is 0 Å². The lowest BCUT2D eigenvalue weighted by Crippen LogP contribution is -2.41. The first-order valence-corrected chi connectivity index (χ1v) is 13.0. The van der Waals surface area contributed by atoms with Crippen molar-refractivity contribution in [3.63, 3.8) is 0 Å². The number of rotatable bonds is 8. The Morgan fingerprint density at radius 2 is 1.84 bits per heavy atom. The van der Waals surface area contributed by atoms with E-state index in [2.05, 4.69) is 18.1 Å². The summed E-state index contributed by atoms with van der Waals surface area (Å²) in [5, 5.41) is 20.2. The molecule has 0 radical (unpaired) electrons. The molecule has 15 nitrogen and oxygen atoms in total. The molecule has 3 unspecified atom stereocenters. The number of phosphoric ester groups is 1. The summed E-state index contributed by atoms with van der Waals surface area (Å²) in [4.78, 5) is 38.8. The van der Waals surface area contributed by atoms with Gasteiger partial charge in [0.1, 0.15) is 10.7 Å². The summed E-state index contributed by atoms with van der Waals surface area (Å²) >= 11 is 9.95. The van der Waals surface area contributed by atoms with Crippen LogP contribution in [0.15, 0.2) is 12.3 Å². The smallest absolute Gasteiger partial charge is 0.396 e. The van der Waals surface area contributed by atoms with E-state index < -0.39 is 54.1 Å². The molecule has 0 bridgehead atoms. The summed E-state index contributed by atoms with van der Waals surface area (Å²) in [6, 6.07) is 1.35. The topological polar surface area (TPSA) is 230 Å². The molecule has 0 aromatic carbocycles. The van der Waals surface area contributed by atoms with Gasteiger partial charge in [0, 0.05) is 6.20 Å². The van der Waals surface area contributed by atoms with E-state index in [-0.39, 0.29) is 9.41 Å².